The zero-order chi connectivity index (χ0) is 11.5. The molecule has 0 spiro atoms. The van der Waals surface area contributed by atoms with Crippen molar-refractivity contribution in [1.29, 1.82) is 0 Å². The molecule has 84 valence electrons. The van der Waals surface area contributed by atoms with Crippen LogP contribution in [0.3, 0.4) is 0 Å². The summed E-state index contributed by atoms with van der Waals surface area (Å²) >= 11 is 0. The lowest BCUT2D eigenvalue weighted by Crippen LogP contribution is -2.35. The number of amides is 2. The van der Waals surface area contributed by atoms with Gasteiger partial charge in [0.25, 0.3) is 0 Å². The largest absolute Gasteiger partial charge is 0.326 e. The summed E-state index contributed by atoms with van der Waals surface area (Å²) in [6.07, 6.45) is 0.541. The van der Waals surface area contributed by atoms with Crippen molar-refractivity contribution in [1.82, 2.24) is 4.90 Å². The summed E-state index contributed by atoms with van der Waals surface area (Å²) in [5.74, 6) is -0.322. The van der Waals surface area contributed by atoms with Crippen molar-refractivity contribution in [2.75, 3.05) is 6.54 Å². The van der Waals surface area contributed by atoms with Crippen LogP contribution in [0.2, 0.25) is 0 Å². The molecule has 0 radical (unpaired) electrons. The van der Waals surface area contributed by atoms with Gasteiger partial charge in [-0.15, -0.1) is 0 Å². The molecule has 1 unspecified atom stereocenters. The SMILES string of the molecule is NC1CC(=O)N(C(=O)Cc2ccccc2)C1. The Morgan fingerprint density at radius 3 is 2.62 bits per heavy atom. The standard InChI is InChI=1S/C12H14N2O2/c13-10-7-12(16)14(8-10)11(15)6-9-4-2-1-3-5-9/h1-5,10H,6-8,13H2. The van der Waals surface area contributed by atoms with Gasteiger partial charge in [0.05, 0.1) is 6.42 Å². The van der Waals surface area contributed by atoms with Crippen LogP contribution >= 0.6 is 0 Å². The van der Waals surface area contributed by atoms with E-state index >= 15 is 0 Å². The van der Waals surface area contributed by atoms with Crippen LogP contribution in [0.1, 0.15) is 12.0 Å². The molecular formula is C12H14N2O2. The molecule has 0 saturated carbocycles. The zero-order valence-corrected chi connectivity index (χ0v) is 8.93. The highest BCUT2D eigenvalue weighted by Crippen LogP contribution is 2.11. The Bertz CT molecular complexity index is 403. The number of likely N-dealkylation sites (tertiary alicyclic amines) is 1. The molecule has 1 aromatic rings. The molecule has 4 nitrogen and oxygen atoms in total. The molecule has 4 heteroatoms. The Morgan fingerprint density at radius 2 is 2.06 bits per heavy atom. The van der Waals surface area contributed by atoms with E-state index in [9.17, 15) is 9.59 Å². The van der Waals surface area contributed by atoms with Gasteiger partial charge in [-0.1, -0.05) is 30.3 Å². The fourth-order valence-corrected chi connectivity index (χ4v) is 1.84. The van der Waals surface area contributed by atoms with Crippen LogP contribution < -0.4 is 5.73 Å². The van der Waals surface area contributed by atoms with Gasteiger partial charge in [-0.05, 0) is 5.56 Å². The average molecular weight is 218 g/mol. The lowest BCUT2D eigenvalue weighted by atomic mass is 10.1. The van der Waals surface area contributed by atoms with Crippen LogP contribution in [-0.4, -0.2) is 29.3 Å². The van der Waals surface area contributed by atoms with E-state index in [0.717, 1.165) is 5.56 Å². The molecule has 0 bridgehead atoms. The van der Waals surface area contributed by atoms with Crippen LogP contribution in [0.5, 0.6) is 0 Å². The van der Waals surface area contributed by atoms with Crippen LogP contribution in [-0.2, 0) is 16.0 Å². The first kappa shape index (κ1) is 10.8. The zero-order valence-electron chi connectivity index (χ0n) is 8.93. The van der Waals surface area contributed by atoms with Gasteiger partial charge in [0.1, 0.15) is 0 Å². The van der Waals surface area contributed by atoms with Crippen molar-refractivity contribution in [3.8, 4) is 0 Å². The maximum atomic E-state index is 11.8. The van der Waals surface area contributed by atoms with E-state index in [4.69, 9.17) is 5.73 Å². The molecule has 0 aliphatic carbocycles. The summed E-state index contributed by atoms with van der Waals surface area (Å²) in [6.45, 7) is 0.352. The number of hydrogen-bond donors (Lipinski definition) is 1. The second-order valence-electron chi connectivity index (χ2n) is 4.02. The first-order chi connectivity index (χ1) is 7.66. The van der Waals surface area contributed by atoms with E-state index in [1.165, 1.54) is 4.90 Å². The van der Waals surface area contributed by atoms with Gasteiger partial charge in [-0.3, -0.25) is 14.5 Å². The molecule has 2 rings (SSSR count). The molecule has 1 saturated heterocycles. The third kappa shape index (κ3) is 2.28. The molecule has 1 aromatic carbocycles. The molecular weight excluding hydrogens is 204 g/mol. The summed E-state index contributed by atoms with van der Waals surface area (Å²) in [4.78, 5) is 24.5. The van der Waals surface area contributed by atoms with Crippen molar-refractivity contribution in [3.63, 3.8) is 0 Å². The summed E-state index contributed by atoms with van der Waals surface area (Å²) in [7, 11) is 0. The minimum absolute atomic E-state index is 0.159. The smallest absolute Gasteiger partial charge is 0.233 e. The Morgan fingerprint density at radius 1 is 1.38 bits per heavy atom. The van der Waals surface area contributed by atoms with E-state index < -0.39 is 0 Å². The molecule has 2 N–H and O–H groups in total. The van der Waals surface area contributed by atoms with Crippen molar-refractivity contribution in [2.24, 2.45) is 5.73 Å². The van der Waals surface area contributed by atoms with E-state index in [1.807, 2.05) is 30.3 Å². The summed E-state index contributed by atoms with van der Waals surface area (Å²) in [6, 6.07) is 9.19. The van der Waals surface area contributed by atoms with Crippen molar-refractivity contribution < 1.29 is 9.59 Å². The van der Waals surface area contributed by atoms with Crippen LogP contribution in [0.4, 0.5) is 0 Å². The summed E-state index contributed by atoms with van der Waals surface area (Å²) in [5, 5.41) is 0. The lowest BCUT2D eigenvalue weighted by Gasteiger charge is -2.13. The highest BCUT2D eigenvalue weighted by molar-refractivity contribution is 5.98. The molecule has 1 aliphatic rings. The van der Waals surface area contributed by atoms with Crippen molar-refractivity contribution in [3.05, 3.63) is 35.9 Å². The fourth-order valence-electron chi connectivity index (χ4n) is 1.84. The maximum absolute atomic E-state index is 11.8. The quantitative estimate of drug-likeness (QED) is 0.777. The third-order valence-electron chi connectivity index (χ3n) is 2.65. The number of rotatable bonds is 2. The van der Waals surface area contributed by atoms with Crippen LogP contribution in [0.25, 0.3) is 0 Å². The average Bonchev–Trinajstić information content (AvgIpc) is 2.59. The number of carbonyl (C=O) groups is 2. The Kier molecular flexibility index (Phi) is 3.01. The predicted octanol–water partition coefficient (Wildman–Crippen LogP) is 0.315. The fraction of sp³-hybridized carbons (Fsp3) is 0.333. The first-order valence-electron chi connectivity index (χ1n) is 5.29. The van der Waals surface area contributed by atoms with Crippen molar-refractivity contribution >= 4 is 11.8 Å². The Balaban J connectivity index is 2.01. The number of benzene rings is 1. The normalized spacial score (nSPS) is 20.2. The second-order valence-corrected chi connectivity index (χ2v) is 4.02. The maximum Gasteiger partial charge on any atom is 0.233 e. The number of hydrogen-bond acceptors (Lipinski definition) is 3. The molecule has 1 atom stereocenters. The van der Waals surface area contributed by atoms with E-state index in [1.54, 1.807) is 0 Å². The summed E-state index contributed by atoms with van der Waals surface area (Å²) in [5.41, 5.74) is 6.55. The highest BCUT2D eigenvalue weighted by atomic mass is 16.2. The van der Waals surface area contributed by atoms with Gasteiger partial charge in [0.15, 0.2) is 0 Å². The highest BCUT2D eigenvalue weighted by Gasteiger charge is 2.31. The topological polar surface area (TPSA) is 63.4 Å². The number of imide groups is 1. The molecule has 16 heavy (non-hydrogen) atoms. The predicted molar refractivity (Wildman–Crippen MR) is 59.5 cm³/mol. The lowest BCUT2D eigenvalue weighted by molar-refractivity contribution is -0.141. The van der Waals surface area contributed by atoms with Gasteiger partial charge in [0.2, 0.25) is 11.8 Å². The van der Waals surface area contributed by atoms with E-state index in [2.05, 4.69) is 0 Å². The van der Waals surface area contributed by atoms with Crippen LogP contribution in [0.15, 0.2) is 30.3 Å². The van der Waals surface area contributed by atoms with E-state index in [0.29, 0.717) is 6.54 Å². The third-order valence-corrected chi connectivity index (χ3v) is 2.65. The minimum Gasteiger partial charge on any atom is -0.326 e. The van der Waals surface area contributed by atoms with Gasteiger partial charge < -0.3 is 5.73 Å². The van der Waals surface area contributed by atoms with Crippen LogP contribution in [0, 0.1) is 0 Å². The monoisotopic (exact) mass is 218 g/mol. The molecule has 2 amide bonds. The second kappa shape index (κ2) is 4.45. The first-order valence-corrected chi connectivity index (χ1v) is 5.29. The molecule has 1 fully saturated rings. The Labute approximate surface area is 94.0 Å². The van der Waals surface area contributed by atoms with Gasteiger partial charge in [0, 0.05) is 19.0 Å². The number of carbonyl (C=O) groups excluding carboxylic acids is 2. The van der Waals surface area contributed by atoms with Gasteiger partial charge >= 0.3 is 0 Å². The number of nitrogens with zero attached hydrogens (tertiary/aromatic N) is 1. The summed E-state index contributed by atoms with van der Waals surface area (Å²) < 4.78 is 0. The number of nitrogens with two attached hydrogens (primary N) is 1. The minimum atomic E-state index is -0.202. The van der Waals surface area contributed by atoms with E-state index in [-0.39, 0.29) is 30.7 Å². The molecule has 1 aliphatic heterocycles. The van der Waals surface area contributed by atoms with Gasteiger partial charge in [-0.2, -0.15) is 0 Å². The van der Waals surface area contributed by atoms with Crippen molar-refractivity contribution in [2.45, 2.75) is 18.9 Å². The molecule has 1 heterocycles. The van der Waals surface area contributed by atoms with Gasteiger partial charge in [-0.25, -0.2) is 0 Å². The Hall–Kier alpha value is -1.68. The molecule has 0 aromatic heterocycles.